The first-order valence-corrected chi connectivity index (χ1v) is 8.13. The fourth-order valence-electron chi connectivity index (χ4n) is 4.35. The SMILES string of the molecule is CC(C)N1C(C)(C)C(=O)OC12c1ccccc1-c1ccccc12. The number of ether oxygens (including phenoxy) is 1. The van der Waals surface area contributed by atoms with Crippen molar-refractivity contribution < 1.29 is 9.53 Å². The highest BCUT2D eigenvalue weighted by Gasteiger charge is 2.63. The Bertz CT molecular complexity index is 761. The summed E-state index contributed by atoms with van der Waals surface area (Å²) < 4.78 is 6.14. The number of hydrogen-bond acceptors (Lipinski definition) is 3. The Morgan fingerprint density at radius 3 is 1.87 bits per heavy atom. The second-order valence-corrected chi connectivity index (χ2v) is 7.15. The van der Waals surface area contributed by atoms with Gasteiger partial charge >= 0.3 is 5.97 Å². The summed E-state index contributed by atoms with van der Waals surface area (Å²) in [6.07, 6.45) is 0. The van der Waals surface area contributed by atoms with E-state index >= 15 is 0 Å². The number of benzene rings is 2. The molecule has 1 aliphatic carbocycles. The summed E-state index contributed by atoms with van der Waals surface area (Å²) in [5.74, 6) is -0.169. The molecule has 1 saturated heterocycles. The van der Waals surface area contributed by atoms with Gasteiger partial charge < -0.3 is 4.74 Å². The van der Waals surface area contributed by atoms with E-state index in [0.717, 1.165) is 22.3 Å². The van der Waals surface area contributed by atoms with Crippen molar-refractivity contribution in [2.45, 2.75) is 45.0 Å². The van der Waals surface area contributed by atoms with Crippen molar-refractivity contribution >= 4 is 5.97 Å². The van der Waals surface area contributed by atoms with Crippen LogP contribution in [-0.4, -0.2) is 22.4 Å². The Labute approximate surface area is 136 Å². The molecule has 2 aliphatic rings. The molecule has 2 aromatic carbocycles. The molecule has 0 bridgehead atoms. The lowest BCUT2D eigenvalue weighted by molar-refractivity contribution is -0.150. The molecule has 1 heterocycles. The minimum atomic E-state index is -0.818. The second-order valence-electron chi connectivity index (χ2n) is 7.15. The van der Waals surface area contributed by atoms with E-state index in [0.29, 0.717) is 0 Å². The van der Waals surface area contributed by atoms with Crippen LogP contribution in [0.1, 0.15) is 38.8 Å². The van der Waals surface area contributed by atoms with Gasteiger partial charge in [0, 0.05) is 17.2 Å². The van der Waals surface area contributed by atoms with Crippen molar-refractivity contribution in [3.63, 3.8) is 0 Å². The van der Waals surface area contributed by atoms with Crippen LogP contribution in [0.2, 0.25) is 0 Å². The summed E-state index contributed by atoms with van der Waals surface area (Å²) in [7, 11) is 0. The lowest BCUT2D eigenvalue weighted by Crippen LogP contribution is -2.54. The summed E-state index contributed by atoms with van der Waals surface area (Å²) in [5, 5.41) is 0. The third-order valence-corrected chi connectivity index (χ3v) is 5.07. The molecule has 0 N–H and O–H groups in total. The second kappa shape index (κ2) is 4.45. The molecule has 0 saturated carbocycles. The fraction of sp³-hybridized carbons (Fsp3) is 0.350. The molecule has 0 amide bonds. The third kappa shape index (κ3) is 1.61. The normalized spacial score (nSPS) is 20.7. The molecule has 1 spiro atoms. The van der Waals surface area contributed by atoms with Gasteiger partial charge in [-0.05, 0) is 38.8 Å². The Hall–Kier alpha value is -2.13. The minimum Gasteiger partial charge on any atom is -0.433 e. The zero-order chi connectivity index (χ0) is 16.4. The van der Waals surface area contributed by atoms with Gasteiger partial charge in [-0.1, -0.05) is 48.5 Å². The fourth-order valence-corrected chi connectivity index (χ4v) is 4.35. The number of rotatable bonds is 1. The van der Waals surface area contributed by atoms with Crippen LogP contribution in [0.15, 0.2) is 48.5 Å². The zero-order valence-electron chi connectivity index (χ0n) is 14.0. The minimum absolute atomic E-state index is 0.163. The number of fused-ring (bicyclic) bond motifs is 5. The van der Waals surface area contributed by atoms with Crippen molar-refractivity contribution in [1.82, 2.24) is 4.90 Å². The Balaban J connectivity index is 2.10. The summed E-state index contributed by atoms with van der Waals surface area (Å²) in [4.78, 5) is 14.9. The molecule has 0 radical (unpaired) electrons. The van der Waals surface area contributed by atoms with Crippen molar-refractivity contribution in [3.8, 4) is 11.1 Å². The monoisotopic (exact) mass is 307 g/mol. The van der Waals surface area contributed by atoms with Gasteiger partial charge in [0.15, 0.2) is 0 Å². The number of carbonyl (C=O) groups excluding carboxylic acids is 1. The van der Waals surface area contributed by atoms with Crippen LogP contribution >= 0.6 is 0 Å². The largest absolute Gasteiger partial charge is 0.433 e. The van der Waals surface area contributed by atoms with Crippen LogP contribution in [0.4, 0.5) is 0 Å². The van der Waals surface area contributed by atoms with Gasteiger partial charge in [-0.2, -0.15) is 0 Å². The van der Waals surface area contributed by atoms with E-state index in [1.807, 2.05) is 38.1 Å². The van der Waals surface area contributed by atoms with Gasteiger partial charge in [-0.15, -0.1) is 0 Å². The van der Waals surface area contributed by atoms with Crippen LogP contribution in [-0.2, 0) is 15.3 Å². The molecule has 0 atom stereocenters. The zero-order valence-corrected chi connectivity index (χ0v) is 14.0. The van der Waals surface area contributed by atoms with E-state index in [2.05, 4.69) is 43.0 Å². The van der Waals surface area contributed by atoms with E-state index in [-0.39, 0.29) is 12.0 Å². The topological polar surface area (TPSA) is 29.5 Å². The summed E-state index contributed by atoms with van der Waals surface area (Å²) in [6.45, 7) is 8.14. The van der Waals surface area contributed by atoms with Crippen LogP contribution in [0.25, 0.3) is 11.1 Å². The van der Waals surface area contributed by atoms with Gasteiger partial charge in [0.05, 0.1) is 0 Å². The first-order chi connectivity index (χ1) is 10.9. The maximum absolute atomic E-state index is 12.7. The number of nitrogens with zero attached hydrogens (tertiary/aromatic N) is 1. The predicted octanol–water partition coefficient (Wildman–Crippen LogP) is 3.91. The molecule has 0 unspecified atom stereocenters. The molecule has 2 aromatic rings. The smallest absolute Gasteiger partial charge is 0.328 e. The van der Waals surface area contributed by atoms with Crippen molar-refractivity contribution in [2.75, 3.05) is 0 Å². The molecule has 118 valence electrons. The Morgan fingerprint density at radius 2 is 1.39 bits per heavy atom. The van der Waals surface area contributed by atoms with Gasteiger partial charge in [-0.25, -0.2) is 9.69 Å². The van der Waals surface area contributed by atoms with Gasteiger partial charge in [0.2, 0.25) is 5.72 Å². The van der Waals surface area contributed by atoms with E-state index in [4.69, 9.17) is 4.74 Å². The van der Waals surface area contributed by atoms with E-state index in [1.165, 1.54) is 0 Å². The average Bonchev–Trinajstić information content (AvgIpc) is 2.91. The quantitative estimate of drug-likeness (QED) is 0.748. The molecular formula is C20H21NO2. The third-order valence-electron chi connectivity index (χ3n) is 5.07. The maximum atomic E-state index is 12.7. The molecular weight excluding hydrogens is 286 g/mol. The van der Waals surface area contributed by atoms with E-state index in [1.54, 1.807) is 0 Å². The highest BCUT2D eigenvalue weighted by Crippen LogP contribution is 2.57. The molecule has 3 nitrogen and oxygen atoms in total. The lowest BCUT2D eigenvalue weighted by Gasteiger charge is -2.41. The standard InChI is InChI=1S/C20H21NO2/c1-13(2)21-19(3,4)18(22)23-20(21)16-11-7-5-9-14(16)15-10-6-8-12-17(15)20/h5-13H,1-4H3. The van der Waals surface area contributed by atoms with Crippen molar-refractivity contribution in [2.24, 2.45) is 0 Å². The molecule has 3 heteroatoms. The molecule has 0 aromatic heterocycles. The number of esters is 1. The van der Waals surface area contributed by atoms with Crippen LogP contribution in [0.5, 0.6) is 0 Å². The summed E-state index contributed by atoms with van der Waals surface area (Å²) >= 11 is 0. The Kier molecular flexibility index (Phi) is 2.80. The van der Waals surface area contributed by atoms with Gasteiger partial charge in [0.1, 0.15) is 5.54 Å². The highest BCUT2D eigenvalue weighted by molar-refractivity contribution is 5.88. The summed E-state index contributed by atoms with van der Waals surface area (Å²) in [5.41, 5.74) is 2.95. The number of hydrogen-bond donors (Lipinski definition) is 0. The lowest BCUT2D eigenvalue weighted by atomic mass is 9.93. The van der Waals surface area contributed by atoms with Crippen LogP contribution in [0.3, 0.4) is 0 Å². The molecule has 1 fully saturated rings. The molecule has 1 aliphatic heterocycles. The molecule has 4 rings (SSSR count). The van der Waals surface area contributed by atoms with Crippen molar-refractivity contribution in [3.05, 3.63) is 59.7 Å². The van der Waals surface area contributed by atoms with Crippen LogP contribution in [0, 0.1) is 0 Å². The van der Waals surface area contributed by atoms with E-state index in [9.17, 15) is 4.79 Å². The van der Waals surface area contributed by atoms with Gasteiger partial charge in [0.25, 0.3) is 0 Å². The predicted molar refractivity (Wildman–Crippen MR) is 89.8 cm³/mol. The van der Waals surface area contributed by atoms with Gasteiger partial charge in [-0.3, -0.25) is 0 Å². The van der Waals surface area contributed by atoms with Crippen LogP contribution < -0.4 is 0 Å². The first-order valence-electron chi connectivity index (χ1n) is 8.13. The molecule has 23 heavy (non-hydrogen) atoms. The maximum Gasteiger partial charge on any atom is 0.328 e. The Morgan fingerprint density at radius 1 is 0.913 bits per heavy atom. The van der Waals surface area contributed by atoms with Crippen molar-refractivity contribution in [1.29, 1.82) is 0 Å². The first kappa shape index (κ1) is 14.5. The van der Waals surface area contributed by atoms with E-state index < -0.39 is 11.3 Å². The highest BCUT2D eigenvalue weighted by atomic mass is 16.6. The summed E-state index contributed by atoms with van der Waals surface area (Å²) in [6, 6.07) is 16.7. The number of carbonyl (C=O) groups is 1. The average molecular weight is 307 g/mol.